The first-order chi connectivity index (χ1) is 17.4. The van der Waals surface area contributed by atoms with Crippen LogP contribution < -0.4 is 11.2 Å². The number of imide groups is 1. The molecule has 0 saturated carbocycles. The van der Waals surface area contributed by atoms with Gasteiger partial charge in [-0.1, -0.05) is 66.7 Å². The number of hydrogen-bond acceptors (Lipinski definition) is 5. The van der Waals surface area contributed by atoms with Crippen LogP contribution >= 0.6 is 0 Å². The van der Waals surface area contributed by atoms with Gasteiger partial charge in [-0.25, -0.2) is 9.59 Å². The minimum absolute atomic E-state index is 0.0228. The minimum atomic E-state index is -1.55. The van der Waals surface area contributed by atoms with E-state index in [2.05, 4.69) is 10.4 Å². The number of urea groups is 1. The number of carboxylic acids is 1. The number of aromatic carboxylic acids is 1. The molecule has 1 saturated heterocycles. The molecule has 0 spiro atoms. The molecule has 3 amide bonds. The van der Waals surface area contributed by atoms with Gasteiger partial charge in [0.2, 0.25) is 0 Å². The Labute approximate surface area is 206 Å². The maximum atomic E-state index is 14.0. The average molecular weight is 479 g/mol. The molecule has 1 atom stereocenters. The molecule has 0 radical (unpaired) electrons. The van der Waals surface area contributed by atoms with Gasteiger partial charge in [-0.3, -0.25) is 9.69 Å². The molecule has 36 heavy (non-hydrogen) atoms. The third-order valence-electron chi connectivity index (χ3n) is 6.35. The van der Waals surface area contributed by atoms with Crippen LogP contribution in [0, 0.1) is 0 Å². The number of carbonyl (C=O) groups excluding carboxylic acids is 2. The Morgan fingerprint density at radius 1 is 0.917 bits per heavy atom. The second kappa shape index (κ2) is 8.99. The second-order valence-electron chi connectivity index (χ2n) is 8.54. The topological polar surface area (TPSA) is 125 Å². The fourth-order valence-electron chi connectivity index (χ4n) is 4.61. The molecule has 8 nitrogen and oxygen atoms in total. The lowest BCUT2D eigenvalue weighted by molar-refractivity contribution is -0.130. The molecule has 4 N–H and O–H groups in total. The molecular weight excluding hydrogens is 456 g/mol. The van der Waals surface area contributed by atoms with Gasteiger partial charge >= 0.3 is 12.0 Å². The van der Waals surface area contributed by atoms with Crippen molar-refractivity contribution in [2.75, 3.05) is 0 Å². The number of rotatable bonds is 6. The molecule has 4 aromatic rings. The molecule has 0 aromatic heterocycles. The molecule has 0 aliphatic carbocycles. The Balaban J connectivity index is 1.56. The Kier molecular flexibility index (Phi) is 5.69. The van der Waals surface area contributed by atoms with Gasteiger partial charge in [-0.15, -0.1) is 0 Å². The van der Waals surface area contributed by atoms with Crippen molar-refractivity contribution in [3.05, 3.63) is 119 Å². The van der Waals surface area contributed by atoms with E-state index in [1.54, 1.807) is 42.6 Å². The van der Waals surface area contributed by atoms with Crippen LogP contribution in [0.15, 0.2) is 96.1 Å². The summed E-state index contributed by atoms with van der Waals surface area (Å²) in [6, 6.07) is 25.8. The van der Waals surface area contributed by atoms with Gasteiger partial charge < -0.3 is 16.3 Å². The van der Waals surface area contributed by atoms with Crippen molar-refractivity contribution < 1.29 is 19.5 Å². The van der Waals surface area contributed by atoms with Crippen molar-refractivity contribution in [2.45, 2.75) is 12.1 Å². The first-order valence-corrected chi connectivity index (χ1v) is 11.2. The maximum Gasteiger partial charge on any atom is 0.335 e. The van der Waals surface area contributed by atoms with Crippen molar-refractivity contribution in [1.82, 2.24) is 10.2 Å². The number of benzene rings is 4. The number of nitrogens with two attached hydrogens (primary N) is 1. The van der Waals surface area contributed by atoms with Crippen LogP contribution in [0.3, 0.4) is 0 Å². The Hall–Kier alpha value is -4.98. The summed E-state index contributed by atoms with van der Waals surface area (Å²) < 4.78 is 0. The van der Waals surface area contributed by atoms with E-state index in [-0.39, 0.29) is 12.1 Å². The van der Waals surface area contributed by atoms with E-state index in [4.69, 9.17) is 5.84 Å². The quantitative estimate of drug-likeness (QED) is 0.168. The van der Waals surface area contributed by atoms with Crippen LogP contribution in [-0.2, 0) is 16.9 Å². The number of amides is 3. The van der Waals surface area contributed by atoms with Crippen molar-refractivity contribution in [3.63, 3.8) is 0 Å². The summed E-state index contributed by atoms with van der Waals surface area (Å²) in [4.78, 5) is 40.0. The molecule has 4 aromatic carbocycles. The highest BCUT2D eigenvalue weighted by Crippen LogP contribution is 2.37. The molecule has 5 rings (SSSR count). The number of carboxylic acid groups (broad SMARTS) is 1. The van der Waals surface area contributed by atoms with Gasteiger partial charge in [0.1, 0.15) is 0 Å². The van der Waals surface area contributed by atoms with Crippen molar-refractivity contribution in [3.8, 4) is 0 Å². The van der Waals surface area contributed by atoms with Gasteiger partial charge in [0.15, 0.2) is 5.54 Å². The lowest BCUT2D eigenvalue weighted by atomic mass is 9.82. The Morgan fingerprint density at radius 3 is 2.42 bits per heavy atom. The molecule has 1 heterocycles. The molecule has 0 bridgehead atoms. The summed E-state index contributed by atoms with van der Waals surface area (Å²) in [5.74, 6) is 3.67. The van der Waals surface area contributed by atoms with Gasteiger partial charge in [0, 0.05) is 0 Å². The number of hydrogen-bond donors (Lipinski definition) is 3. The molecule has 1 aliphatic rings. The van der Waals surface area contributed by atoms with E-state index >= 15 is 0 Å². The zero-order valence-corrected chi connectivity index (χ0v) is 19.1. The maximum absolute atomic E-state index is 14.0. The summed E-state index contributed by atoms with van der Waals surface area (Å²) in [6.07, 6.45) is 1.54. The summed E-state index contributed by atoms with van der Waals surface area (Å²) in [6.45, 7) is 0.0447. The molecule has 178 valence electrons. The van der Waals surface area contributed by atoms with E-state index in [0.29, 0.717) is 11.1 Å². The lowest BCUT2D eigenvalue weighted by Crippen LogP contribution is -2.45. The smallest absolute Gasteiger partial charge is 0.335 e. The standard InChI is InChI=1S/C28H22N4O4/c29-30-16-18-9-11-20-12-10-19(14-22(20)13-18)17-32-26(35)28(31-27(32)36,23-6-2-1-3-7-23)24-8-4-5-21(15-24)25(33)34/h1-16H,17,29H2,(H,31,36)(H,33,34). The third kappa shape index (κ3) is 3.84. The van der Waals surface area contributed by atoms with Crippen LogP contribution in [0.2, 0.25) is 0 Å². The SMILES string of the molecule is NN=Cc1ccc2ccc(CN3C(=O)NC(c4ccccc4)(c4cccc(C(=O)O)c4)C3=O)cc2c1. The zero-order chi connectivity index (χ0) is 25.3. The Bertz CT molecular complexity index is 1530. The number of carbonyl (C=O) groups is 3. The molecule has 1 fully saturated rings. The third-order valence-corrected chi connectivity index (χ3v) is 6.35. The molecule has 8 heteroatoms. The predicted octanol–water partition coefficient (Wildman–Crippen LogP) is 3.83. The van der Waals surface area contributed by atoms with Crippen molar-refractivity contribution >= 4 is 34.9 Å². The average Bonchev–Trinajstić information content (AvgIpc) is 3.15. The van der Waals surface area contributed by atoms with Gasteiger partial charge in [0.05, 0.1) is 18.3 Å². The molecular formula is C28H22N4O4. The zero-order valence-electron chi connectivity index (χ0n) is 19.1. The molecule has 1 aliphatic heterocycles. The summed E-state index contributed by atoms with van der Waals surface area (Å²) in [5.41, 5.74) is 0.978. The van der Waals surface area contributed by atoms with Crippen LogP contribution in [0.25, 0.3) is 10.8 Å². The Morgan fingerprint density at radius 2 is 1.67 bits per heavy atom. The second-order valence-corrected chi connectivity index (χ2v) is 8.54. The number of nitrogens with zero attached hydrogens (tertiary/aromatic N) is 2. The van der Waals surface area contributed by atoms with Gasteiger partial charge in [-0.05, 0) is 57.3 Å². The monoisotopic (exact) mass is 478 g/mol. The van der Waals surface area contributed by atoms with Crippen LogP contribution in [0.4, 0.5) is 4.79 Å². The summed E-state index contributed by atoms with van der Waals surface area (Å²) in [5, 5.41) is 17.8. The summed E-state index contributed by atoms with van der Waals surface area (Å²) >= 11 is 0. The van der Waals surface area contributed by atoms with Crippen LogP contribution in [0.1, 0.15) is 32.6 Å². The lowest BCUT2D eigenvalue weighted by Gasteiger charge is -2.28. The first-order valence-electron chi connectivity index (χ1n) is 11.2. The first kappa shape index (κ1) is 22.8. The van der Waals surface area contributed by atoms with Crippen LogP contribution in [0.5, 0.6) is 0 Å². The fourth-order valence-corrected chi connectivity index (χ4v) is 4.61. The van der Waals surface area contributed by atoms with Gasteiger partial charge in [0.25, 0.3) is 5.91 Å². The molecule has 1 unspecified atom stereocenters. The normalized spacial score (nSPS) is 17.6. The van der Waals surface area contributed by atoms with Gasteiger partial charge in [-0.2, -0.15) is 5.10 Å². The highest BCUT2D eigenvalue weighted by Gasteiger charge is 2.53. The largest absolute Gasteiger partial charge is 0.478 e. The summed E-state index contributed by atoms with van der Waals surface area (Å²) in [7, 11) is 0. The van der Waals surface area contributed by atoms with Crippen LogP contribution in [-0.4, -0.2) is 34.1 Å². The van der Waals surface area contributed by atoms with Crippen molar-refractivity contribution in [2.24, 2.45) is 10.9 Å². The fraction of sp³-hybridized carbons (Fsp3) is 0.0714. The van der Waals surface area contributed by atoms with E-state index in [1.807, 2.05) is 42.5 Å². The van der Waals surface area contributed by atoms with E-state index in [9.17, 15) is 19.5 Å². The number of fused-ring (bicyclic) bond motifs is 1. The van der Waals surface area contributed by atoms with E-state index in [0.717, 1.165) is 26.8 Å². The minimum Gasteiger partial charge on any atom is -0.478 e. The van der Waals surface area contributed by atoms with E-state index < -0.39 is 23.4 Å². The number of nitrogens with one attached hydrogen (secondary N) is 1. The highest BCUT2D eigenvalue weighted by atomic mass is 16.4. The van der Waals surface area contributed by atoms with Crippen molar-refractivity contribution in [1.29, 1.82) is 0 Å². The van der Waals surface area contributed by atoms with E-state index in [1.165, 1.54) is 12.1 Å². The predicted molar refractivity (Wildman–Crippen MR) is 135 cm³/mol. The highest BCUT2D eigenvalue weighted by molar-refractivity contribution is 6.09. The number of hydrazone groups is 1.